The van der Waals surface area contributed by atoms with Crippen LogP contribution in [0.15, 0.2) is 48.6 Å². The van der Waals surface area contributed by atoms with Gasteiger partial charge in [0.15, 0.2) is 0 Å². The van der Waals surface area contributed by atoms with Crippen molar-refractivity contribution in [2.75, 3.05) is 40.9 Å². The van der Waals surface area contributed by atoms with Crippen molar-refractivity contribution >= 4 is 13.7 Å². The largest absolute Gasteiger partial charge is 0.472 e. The second kappa shape index (κ2) is 34.2. The average Bonchev–Trinajstić information content (AvgIpc) is 3.07. The fourth-order valence-electron chi connectivity index (χ4n) is 5.42. The normalized spacial score (nSPS) is 15.0. The monoisotopic (exact) mass is 740 g/mol. The van der Waals surface area contributed by atoms with Crippen LogP contribution >= 0.6 is 7.82 Å². The van der Waals surface area contributed by atoms with E-state index in [0.29, 0.717) is 17.4 Å². The molecule has 1 amide bonds. The first-order chi connectivity index (χ1) is 24.5. The molecule has 0 heterocycles. The number of carbonyl (C=O) groups is 1. The molecule has 8 nitrogen and oxygen atoms in total. The van der Waals surface area contributed by atoms with Gasteiger partial charge in [0.05, 0.1) is 39.9 Å². The maximum absolute atomic E-state index is 12.8. The molecule has 0 aliphatic carbocycles. The number of hydrogen-bond acceptors (Lipinski definition) is 5. The van der Waals surface area contributed by atoms with E-state index in [9.17, 15) is 19.4 Å². The molecule has 3 atom stereocenters. The first kappa shape index (κ1) is 49.5. The van der Waals surface area contributed by atoms with Gasteiger partial charge in [0, 0.05) is 6.42 Å². The highest BCUT2D eigenvalue weighted by Crippen LogP contribution is 2.43. The number of aliphatic hydroxyl groups is 1. The molecule has 0 aliphatic rings. The van der Waals surface area contributed by atoms with E-state index in [0.717, 1.165) is 57.8 Å². The Balaban J connectivity index is 4.59. The average molecular weight is 740 g/mol. The number of allylic oxidation sites excluding steroid dienone is 7. The van der Waals surface area contributed by atoms with E-state index >= 15 is 0 Å². The summed E-state index contributed by atoms with van der Waals surface area (Å²) in [5, 5.41) is 13.7. The Morgan fingerprint density at radius 2 is 1.08 bits per heavy atom. The van der Waals surface area contributed by atoms with Crippen molar-refractivity contribution in [3.63, 3.8) is 0 Å². The van der Waals surface area contributed by atoms with Gasteiger partial charge in [-0.25, -0.2) is 4.57 Å². The van der Waals surface area contributed by atoms with E-state index in [4.69, 9.17) is 9.05 Å². The summed E-state index contributed by atoms with van der Waals surface area (Å²) in [6.45, 7) is 4.72. The minimum absolute atomic E-state index is 0.0507. The quantitative estimate of drug-likeness (QED) is 0.0256. The van der Waals surface area contributed by atoms with Crippen LogP contribution in [0.2, 0.25) is 0 Å². The molecule has 298 valence electrons. The van der Waals surface area contributed by atoms with E-state index in [-0.39, 0.29) is 19.1 Å². The number of carbonyl (C=O) groups excluding carboxylic acids is 1. The number of rotatable bonds is 36. The van der Waals surface area contributed by atoms with Crippen molar-refractivity contribution in [1.29, 1.82) is 0 Å². The molecule has 0 saturated carbocycles. The molecular formula is C42H80N2O6P+. The van der Waals surface area contributed by atoms with Gasteiger partial charge >= 0.3 is 7.82 Å². The van der Waals surface area contributed by atoms with Crippen molar-refractivity contribution in [3.8, 4) is 0 Å². The highest BCUT2D eigenvalue weighted by molar-refractivity contribution is 7.47. The number of nitrogens with zero attached hydrogens (tertiary/aromatic N) is 1. The van der Waals surface area contributed by atoms with Crippen LogP contribution in [0.4, 0.5) is 0 Å². The standard InChI is InChI=1S/C42H79N2O6P/c1-6-8-10-12-14-16-18-20-22-24-26-28-30-32-34-36-42(46)43-40(39-50-51(47,48)49-38-37-44(3,4)5)41(45)35-33-31-29-27-25-23-21-19-17-15-13-11-9-7-2/h17,19-20,22,25,27,33,35,40-41,45H,6-16,18,21,23-24,26,28-32,34,36-39H2,1-5H3,(H-,43,46,47,48)/p+1/b19-17+,22-20-,27-25+,35-33+. The Bertz CT molecular complexity index is 975. The van der Waals surface area contributed by atoms with Crippen molar-refractivity contribution in [2.24, 2.45) is 0 Å². The van der Waals surface area contributed by atoms with Gasteiger partial charge in [0.1, 0.15) is 13.2 Å². The molecule has 0 aromatic carbocycles. The molecule has 3 unspecified atom stereocenters. The number of phosphoric acid groups is 1. The third kappa shape index (κ3) is 36.6. The molecule has 0 spiro atoms. The van der Waals surface area contributed by atoms with Gasteiger partial charge in [-0.2, -0.15) is 0 Å². The number of unbranched alkanes of at least 4 members (excludes halogenated alkanes) is 17. The number of likely N-dealkylation sites (N-methyl/N-ethyl adjacent to an activating group) is 1. The lowest BCUT2D eigenvalue weighted by Crippen LogP contribution is -2.45. The number of amides is 1. The second-order valence-corrected chi connectivity index (χ2v) is 16.4. The van der Waals surface area contributed by atoms with Gasteiger partial charge in [-0.1, -0.05) is 133 Å². The zero-order valence-electron chi connectivity index (χ0n) is 33.6. The molecule has 0 saturated heterocycles. The SMILES string of the molecule is CCCCCC/C=C/CC/C=C/CC/C=C/C(O)C(COP(=O)(O)OCC[N+](C)(C)C)NC(=O)CCCCCCC/C=C\CCCCCCCC. The van der Waals surface area contributed by atoms with Crippen LogP contribution in [0.25, 0.3) is 0 Å². The van der Waals surface area contributed by atoms with E-state index in [1.807, 2.05) is 27.2 Å². The van der Waals surface area contributed by atoms with Gasteiger partial charge in [0.25, 0.3) is 0 Å². The zero-order valence-corrected chi connectivity index (χ0v) is 34.5. The molecule has 0 aliphatic heterocycles. The maximum Gasteiger partial charge on any atom is 0.472 e. The third-order valence-corrected chi connectivity index (χ3v) is 9.73. The maximum atomic E-state index is 12.8. The Labute approximate surface area is 314 Å². The fraction of sp³-hybridized carbons (Fsp3) is 0.786. The van der Waals surface area contributed by atoms with Crippen LogP contribution in [0.5, 0.6) is 0 Å². The van der Waals surface area contributed by atoms with Crippen molar-refractivity contribution in [2.45, 2.75) is 174 Å². The highest BCUT2D eigenvalue weighted by atomic mass is 31.2. The molecule has 3 N–H and O–H groups in total. The summed E-state index contributed by atoms with van der Waals surface area (Å²) >= 11 is 0. The summed E-state index contributed by atoms with van der Waals surface area (Å²) in [6.07, 6.45) is 41.7. The van der Waals surface area contributed by atoms with Crippen molar-refractivity contribution in [1.82, 2.24) is 5.32 Å². The van der Waals surface area contributed by atoms with Gasteiger partial charge < -0.3 is 19.8 Å². The summed E-state index contributed by atoms with van der Waals surface area (Å²) in [7, 11) is 1.53. The van der Waals surface area contributed by atoms with Crippen LogP contribution in [0, 0.1) is 0 Å². The fourth-order valence-corrected chi connectivity index (χ4v) is 6.15. The van der Waals surface area contributed by atoms with Gasteiger partial charge in [-0.05, 0) is 70.6 Å². The van der Waals surface area contributed by atoms with E-state index in [1.165, 1.54) is 83.5 Å². The molecule has 0 fully saturated rings. The van der Waals surface area contributed by atoms with Gasteiger partial charge in [0.2, 0.25) is 5.91 Å². The molecule has 0 aromatic rings. The van der Waals surface area contributed by atoms with Crippen LogP contribution in [-0.2, 0) is 18.4 Å². The lowest BCUT2D eigenvalue weighted by Gasteiger charge is -2.25. The first-order valence-electron chi connectivity index (χ1n) is 20.5. The Kier molecular flexibility index (Phi) is 33.2. The van der Waals surface area contributed by atoms with E-state index in [1.54, 1.807) is 6.08 Å². The lowest BCUT2D eigenvalue weighted by molar-refractivity contribution is -0.870. The van der Waals surface area contributed by atoms with Crippen LogP contribution in [0.3, 0.4) is 0 Å². The Morgan fingerprint density at radius 1 is 0.647 bits per heavy atom. The molecule has 0 aromatic heterocycles. The van der Waals surface area contributed by atoms with Crippen LogP contribution < -0.4 is 5.32 Å². The predicted octanol–water partition coefficient (Wildman–Crippen LogP) is 10.9. The number of nitrogens with one attached hydrogen (secondary N) is 1. The molecule has 0 rings (SSSR count). The molecule has 9 heteroatoms. The second-order valence-electron chi connectivity index (χ2n) is 15.0. The smallest absolute Gasteiger partial charge is 0.387 e. The minimum Gasteiger partial charge on any atom is -0.387 e. The number of hydrogen-bond donors (Lipinski definition) is 3. The zero-order chi connectivity index (χ0) is 37.9. The number of phosphoric ester groups is 1. The lowest BCUT2D eigenvalue weighted by atomic mass is 10.1. The van der Waals surface area contributed by atoms with Crippen LogP contribution in [0.1, 0.15) is 162 Å². The van der Waals surface area contributed by atoms with E-state index in [2.05, 4.69) is 55.6 Å². The predicted molar refractivity (Wildman–Crippen MR) is 217 cm³/mol. The molecule has 51 heavy (non-hydrogen) atoms. The summed E-state index contributed by atoms with van der Waals surface area (Å²) in [5.74, 6) is -0.203. The summed E-state index contributed by atoms with van der Waals surface area (Å²) in [5.41, 5.74) is 0. The van der Waals surface area contributed by atoms with Gasteiger partial charge in [-0.15, -0.1) is 0 Å². The van der Waals surface area contributed by atoms with Crippen molar-refractivity contribution < 1.29 is 32.9 Å². The minimum atomic E-state index is -4.35. The third-order valence-electron chi connectivity index (χ3n) is 8.75. The highest BCUT2D eigenvalue weighted by Gasteiger charge is 2.27. The first-order valence-corrected chi connectivity index (χ1v) is 22.0. The molecule has 0 bridgehead atoms. The Morgan fingerprint density at radius 3 is 1.59 bits per heavy atom. The van der Waals surface area contributed by atoms with Crippen LogP contribution in [-0.4, -0.2) is 73.4 Å². The number of quaternary nitrogens is 1. The topological polar surface area (TPSA) is 105 Å². The summed E-state index contributed by atoms with van der Waals surface area (Å²) in [6, 6.07) is -0.872. The number of aliphatic hydroxyl groups excluding tert-OH is 1. The summed E-state index contributed by atoms with van der Waals surface area (Å²) in [4.78, 5) is 23.0. The van der Waals surface area contributed by atoms with E-state index < -0.39 is 20.0 Å². The Hall–Kier alpha value is -1.54. The summed E-state index contributed by atoms with van der Waals surface area (Å²) < 4.78 is 23.5. The van der Waals surface area contributed by atoms with Gasteiger partial charge in [-0.3, -0.25) is 13.8 Å². The van der Waals surface area contributed by atoms with Crippen molar-refractivity contribution in [3.05, 3.63) is 48.6 Å². The molecular weight excluding hydrogens is 659 g/mol. The molecule has 0 radical (unpaired) electrons.